The number of hydrogen-bond acceptors (Lipinski definition) is 6. The molecule has 0 amide bonds. The average molecular weight is 540 g/mol. The van der Waals surface area contributed by atoms with E-state index >= 15 is 0 Å². The van der Waals surface area contributed by atoms with Crippen molar-refractivity contribution in [2.45, 2.75) is 25.3 Å². The Bertz CT molecular complexity index is 1830. The number of esters is 1. The number of carbonyl (C=O) groups excluding carboxylic acids is 1. The first-order chi connectivity index (χ1) is 18.7. The molecule has 0 aliphatic rings. The molecule has 0 unspecified atom stereocenters. The summed E-state index contributed by atoms with van der Waals surface area (Å²) >= 11 is 0. The Balaban J connectivity index is 1.65. The minimum atomic E-state index is -4.04. The van der Waals surface area contributed by atoms with Gasteiger partial charge in [0.25, 0.3) is 10.0 Å². The van der Waals surface area contributed by atoms with Gasteiger partial charge in [0.05, 0.1) is 16.0 Å². The topological polar surface area (TPSA) is 103 Å². The van der Waals surface area contributed by atoms with Crippen molar-refractivity contribution in [2.24, 2.45) is 0 Å². The molecule has 0 atom stereocenters. The molecule has 8 heteroatoms. The van der Waals surface area contributed by atoms with Crippen LogP contribution in [0, 0.1) is 13.8 Å². The van der Waals surface area contributed by atoms with Gasteiger partial charge in [-0.1, -0.05) is 78.4 Å². The first-order valence-corrected chi connectivity index (χ1v) is 13.7. The van der Waals surface area contributed by atoms with Gasteiger partial charge in [0.15, 0.2) is 11.0 Å². The summed E-state index contributed by atoms with van der Waals surface area (Å²) in [6, 6.07) is 27.3. The van der Waals surface area contributed by atoms with E-state index in [-0.39, 0.29) is 45.0 Å². The number of anilines is 1. The molecule has 5 aromatic rings. The number of nitrogens with one attached hydrogen (secondary N) is 1. The summed E-state index contributed by atoms with van der Waals surface area (Å²) in [5.41, 5.74) is 2.10. The maximum absolute atomic E-state index is 13.7. The summed E-state index contributed by atoms with van der Waals surface area (Å²) in [5.74, 6) is -0.424. The van der Waals surface area contributed by atoms with Gasteiger partial charge >= 0.3 is 5.97 Å². The quantitative estimate of drug-likeness (QED) is 0.246. The molecule has 0 aliphatic heterocycles. The molecule has 7 nitrogen and oxygen atoms in total. The standard InChI is InChI=1S/C31H25NO6S/c1-20-13-15-24(16-14-20)39(35,36)32-26-18-17-25(31(34)37-19-22-9-5-3-6-10-22)30-27(26)28(33)21(2)29(38-30)23-11-7-4-8-12-23/h3-18,32H,19H2,1-2H3. The van der Waals surface area contributed by atoms with Crippen LogP contribution in [0.3, 0.4) is 0 Å². The summed E-state index contributed by atoms with van der Waals surface area (Å²) in [6.07, 6.45) is 0. The van der Waals surface area contributed by atoms with Gasteiger partial charge in [0.1, 0.15) is 17.9 Å². The van der Waals surface area contributed by atoms with Crippen LogP contribution in [-0.2, 0) is 21.4 Å². The summed E-state index contributed by atoms with van der Waals surface area (Å²) in [6.45, 7) is 3.47. The Morgan fingerprint density at radius 2 is 1.49 bits per heavy atom. The molecule has 0 fully saturated rings. The van der Waals surface area contributed by atoms with Crippen LogP contribution >= 0.6 is 0 Å². The van der Waals surface area contributed by atoms with Crippen LogP contribution in [0.25, 0.3) is 22.3 Å². The fraction of sp³-hybridized carbons (Fsp3) is 0.0968. The lowest BCUT2D eigenvalue weighted by Gasteiger charge is -2.15. The fourth-order valence-corrected chi connectivity index (χ4v) is 5.29. The molecule has 0 aliphatic carbocycles. The summed E-state index contributed by atoms with van der Waals surface area (Å²) in [5, 5.41) is -0.0583. The Kier molecular flexibility index (Phi) is 7.04. The summed E-state index contributed by atoms with van der Waals surface area (Å²) in [7, 11) is -4.04. The number of carbonyl (C=O) groups is 1. The van der Waals surface area contributed by atoms with Crippen LogP contribution in [-0.4, -0.2) is 14.4 Å². The van der Waals surface area contributed by atoms with E-state index in [4.69, 9.17) is 9.15 Å². The molecule has 1 aromatic heterocycles. The van der Waals surface area contributed by atoms with Crippen LogP contribution in [0.15, 0.2) is 111 Å². The largest absolute Gasteiger partial charge is 0.457 e. The van der Waals surface area contributed by atoms with Crippen molar-refractivity contribution >= 4 is 32.6 Å². The Morgan fingerprint density at radius 1 is 0.846 bits per heavy atom. The predicted molar refractivity (Wildman–Crippen MR) is 150 cm³/mol. The van der Waals surface area contributed by atoms with E-state index in [1.54, 1.807) is 43.3 Å². The fourth-order valence-electron chi connectivity index (χ4n) is 4.22. The normalized spacial score (nSPS) is 11.3. The van der Waals surface area contributed by atoms with Crippen molar-refractivity contribution < 1.29 is 22.4 Å². The molecule has 0 saturated carbocycles. The number of aryl methyl sites for hydroxylation is 1. The van der Waals surface area contributed by atoms with Crippen molar-refractivity contribution in [3.8, 4) is 11.3 Å². The molecule has 0 saturated heterocycles. The van der Waals surface area contributed by atoms with Crippen molar-refractivity contribution in [1.29, 1.82) is 0 Å². The lowest BCUT2D eigenvalue weighted by molar-refractivity contribution is 0.0474. The van der Waals surface area contributed by atoms with Crippen LogP contribution in [0.4, 0.5) is 5.69 Å². The Labute approximate surface area is 225 Å². The Hall–Kier alpha value is -4.69. The van der Waals surface area contributed by atoms with Gasteiger partial charge in [-0.2, -0.15) is 0 Å². The minimum absolute atomic E-state index is 0.00152. The van der Waals surface area contributed by atoms with Crippen LogP contribution in [0.2, 0.25) is 0 Å². The van der Waals surface area contributed by atoms with E-state index in [9.17, 15) is 18.0 Å². The zero-order valence-electron chi connectivity index (χ0n) is 21.3. The second-order valence-electron chi connectivity index (χ2n) is 9.10. The van der Waals surface area contributed by atoms with Gasteiger partial charge in [-0.05, 0) is 43.7 Å². The highest BCUT2D eigenvalue weighted by Gasteiger charge is 2.24. The average Bonchev–Trinajstić information content (AvgIpc) is 2.94. The summed E-state index contributed by atoms with van der Waals surface area (Å²) in [4.78, 5) is 27.0. The molecule has 0 radical (unpaired) electrons. The van der Waals surface area contributed by atoms with E-state index in [2.05, 4.69) is 4.72 Å². The van der Waals surface area contributed by atoms with E-state index in [1.165, 1.54) is 24.3 Å². The van der Waals surface area contributed by atoms with Crippen molar-refractivity contribution in [1.82, 2.24) is 0 Å². The number of fused-ring (bicyclic) bond motifs is 1. The monoisotopic (exact) mass is 539 g/mol. The molecule has 0 spiro atoms. The van der Waals surface area contributed by atoms with Gasteiger partial charge in [0, 0.05) is 11.1 Å². The smallest absolute Gasteiger partial charge is 0.342 e. The zero-order valence-corrected chi connectivity index (χ0v) is 22.1. The lowest BCUT2D eigenvalue weighted by atomic mass is 10.0. The zero-order chi connectivity index (χ0) is 27.6. The summed E-state index contributed by atoms with van der Waals surface area (Å²) < 4.78 is 40.6. The van der Waals surface area contributed by atoms with Gasteiger partial charge < -0.3 is 9.15 Å². The van der Waals surface area contributed by atoms with Gasteiger partial charge in [-0.25, -0.2) is 13.2 Å². The van der Waals surface area contributed by atoms with E-state index in [0.717, 1.165) is 11.1 Å². The minimum Gasteiger partial charge on any atom is -0.457 e. The van der Waals surface area contributed by atoms with Crippen LogP contribution in [0.5, 0.6) is 0 Å². The molecule has 1 heterocycles. The van der Waals surface area contributed by atoms with Crippen molar-refractivity contribution in [3.63, 3.8) is 0 Å². The van der Waals surface area contributed by atoms with Gasteiger partial charge in [-0.3, -0.25) is 9.52 Å². The first kappa shape index (κ1) is 25.9. The van der Waals surface area contributed by atoms with E-state index in [0.29, 0.717) is 5.56 Å². The molecule has 0 bridgehead atoms. The molecule has 5 rings (SSSR count). The Morgan fingerprint density at radius 3 is 2.15 bits per heavy atom. The van der Waals surface area contributed by atoms with Gasteiger partial charge in [-0.15, -0.1) is 0 Å². The third kappa shape index (κ3) is 5.32. The maximum Gasteiger partial charge on any atom is 0.342 e. The third-order valence-electron chi connectivity index (χ3n) is 6.31. The first-order valence-electron chi connectivity index (χ1n) is 12.2. The highest BCUT2D eigenvalue weighted by molar-refractivity contribution is 7.92. The van der Waals surface area contributed by atoms with Gasteiger partial charge in [0.2, 0.25) is 0 Å². The number of ether oxygens (including phenoxy) is 1. The molecular weight excluding hydrogens is 514 g/mol. The molecule has 4 aromatic carbocycles. The molecular formula is C31H25NO6S. The van der Waals surface area contributed by atoms with Crippen LogP contribution < -0.4 is 10.2 Å². The highest BCUT2D eigenvalue weighted by atomic mass is 32.2. The predicted octanol–water partition coefficient (Wildman–Crippen LogP) is 6.23. The number of hydrogen-bond donors (Lipinski definition) is 1. The van der Waals surface area contributed by atoms with E-state index < -0.39 is 21.4 Å². The maximum atomic E-state index is 13.7. The number of benzene rings is 4. The van der Waals surface area contributed by atoms with Crippen molar-refractivity contribution in [2.75, 3.05) is 4.72 Å². The number of rotatable bonds is 7. The second kappa shape index (κ2) is 10.6. The molecule has 1 N–H and O–H groups in total. The molecule has 39 heavy (non-hydrogen) atoms. The highest BCUT2D eigenvalue weighted by Crippen LogP contribution is 2.32. The molecule has 196 valence electrons. The van der Waals surface area contributed by atoms with Crippen molar-refractivity contribution in [3.05, 3.63) is 130 Å². The number of sulfonamides is 1. The second-order valence-corrected chi connectivity index (χ2v) is 10.8. The third-order valence-corrected chi connectivity index (χ3v) is 7.70. The SMILES string of the molecule is Cc1ccc(S(=O)(=O)Nc2ccc(C(=O)OCc3ccccc3)c3oc(-c4ccccc4)c(C)c(=O)c23)cc1. The lowest BCUT2D eigenvalue weighted by Crippen LogP contribution is -2.17. The van der Waals surface area contributed by atoms with E-state index in [1.807, 2.05) is 43.3 Å². The van der Waals surface area contributed by atoms with Crippen LogP contribution in [0.1, 0.15) is 27.0 Å².